The SMILES string of the molecule is C[C@@H]1OC(c2ccc(OCCCO)cc2)=N[C@]1(C/C=C/c1ccccc1)C(=O)NNCCc1cccc(Cl)c1. The highest BCUT2D eigenvalue weighted by Crippen LogP contribution is 2.33. The van der Waals surface area contributed by atoms with E-state index in [2.05, 4.69) is 10.9 Å². The molecule has 39 heavy (non-hydrogen) atoms. The third kappa shape index (κ3) is 7.69. The second-order valence-electron chi connectivity index (χ2n) is 9.33. The number of hydrogen-bond acceptors (Lipinski definition) is 6. The van der Waals surface area contributed by atoms with Crippen LogP contribution in [0.5, 0.6) is 5.75 Å². The van der Waals surface area contributed by atoms with Gasteiger partial charge in [0.05, 0.1) is 6.61 Å². The second-order valence-corrected chi connectivity index (χ2v) is 9.77. The molecule has 3 aromatic carbocycles. The summed E-state index contributed by atoms with van der Waals surface area (Å²) < 4.78 is 11.8. The number of aliphatic hydroxyl groups is 1. The molecule has 0 aromatic heterocycles. The number of benzene rings is 3. The number of nitrogens with one attached hydrogen (secondary N) is 2. The van der Waals surface area contributed by atoms with E-state index in [1.54, 1.807) is 0 Å². The van der Waals surface area contributed by atoms with Crippen LogP contribution in [0.25, 0.3) is 6.08 Å². The molecule has 3 N–H and O–H groups in total. The van der Waals surface area contributed by atoms with Gasteiger partial charge in [-0.15, -0.1) is 0 Å². The zero-order chi connectivity index (χ0) is 27.5. The molecule has 2 atom stereocenters. The minimum Gasteiger partial charge on any atom is -0.494 e. The van der Waals surface area contributed by atoms with Crippen molar-refractivity contribution < 1.29 is 19.4 Å². The van der Waals surface area contributed by atoms with Gasteiger partial charge in [-0.05, 0) is 60.9 Å². The van der Waals surface area contributed by atoms with Crippen LogP contribution < -0.4 is 15.6 Å². The van der Waals surface area contributed by atoms with E-state index in [4.69, 9.17) is 31.2 Å². The minimum atomic E-state index is -1.15. The van der Waals surface area contributed by atoms with Crippen molar-refractivity contribution >= 4 is 29.5 Å². The normalized spacial score (nSPS) is 18.5. The zero-order valence-corrected chi connectivity index (χ0v) is 22.7. The number of carbonyl (C=O) groups is 1. The number of ether oxygens (including phenoxy) is 2. The number of hydrazine groups is 1. The first kappa shape index (κ1) is 28.4. The lowest BCUT2D eigenvalue weighted by Gasteiger charge is -2.27. The van der Waals surface area contributed by atoms with Crippen LogP contribution in [0, 0.1) is 0 Å². The van der Waals surface area contributed by atoms with E-state index in [1.165, 1.54) is 0 Å². The molecule has 4 rings (SSSR count). The van der Waals surface area contributed by atoms with Crippen LogP contribution in [0.4, 0.5) is 0 Å². The summed E-state index contributed by atoms with van der Waals surface area (Å²) in [6.07, 6.45) is 5.08. The van der Waals surface area contributed by atoms with Gasteiger partial charge >= 0.3 is 0 Å². The molecule has 7 nitrogen and oxygen atoms in total. The third-order valence-electron chi connectivity index (χ3n) is 6.50. The van der Waals surface area contributed by atoms with Crippen molar-refractivity contribution in [2.75, 3.05) is 19.8 Å². The van der Waals surface area contributed by atoms with Crippen LogP contribution in [0.2, 0.25) is 5.02 Å². The molecular weight excluding hydrogens is 514 g/mol. The molecule has 0 saturated heterocycles. The van der Waals surface area contributed by atoms with Crippen molar-refractivity contribution in [2.24, 2.45) is 4.99 Å². The maximum Gasteiger partial charge on any atom is 0.266 e. The lowest BCUT2D eigenvalue weighted by molar-refractivity contribution is -0.129. The number of rotatable bonds is 13. The Morgan fingerprint density at radius 2 is 1.92 bits per heavy atom. The highest BCUT2D eigenvalue weighted by atomic mass is 35.5. The molecule has 1 aliphatic rings. The average Bonchev–Trinajstić information content (AvgIpc) is 3.29. The molecule has 8 heteroatoms. The average molecular weight is 548 g/mol. The van der Waals surface area contributed by atoms with Gasteiger partial charge in [-0.25, -0.2) is 10.4 Å². The number of hydrogen-bond donors (Lipinski definition) is 3. The van der Waals surface area contributed by atoms with Crippen molar-refractivity contribution in [1.82, 2.24) is 10.9 Å². The highest BCUT2D eigenvalue weighted by Gasteiger charge is 2.49. The standard InChI is InChI=1S/C31H34ClN3O4/c1-23-31(18-6-11-24-8-3-2-4-9-24,30(37)35-33-19-17-25-10-5-12-27(32)22-25)34-29(39-23)26-13-15-28(16-14-26)38-21-7-20-36/h2-6,8-16,22-23,33,36H,7,17-21H2,1H3,(H,35,37)/b11-6+/t23-,31-/m0/s1. The Hall–Kier alpha value is -3.65. The molecular formula is C31H34ClN3O4. The number of halogens is 1. The van der Waals surface area contributed by atoms with E-state index in [-0.39, 0.29) is 12.5 Å². The first-order valence-corrected chi connectivity index (χ1v) is 13.5. The van der Waals surface area contributed by atoms with E-state index in [0.717, 1.165) is 16.7 Å². The number of amides is 1. The van der Waals surface area contributed by atoms with Gasteiger partial charge in [0.2, 0.25) is 5.90 Å². The summed E-state index contributed by atoms with van der Waals surface area (Å²) in [5.41, 5.74) is 7.62. The molecule has 0 unspecified atom stereocenters. The molecule has 1 heterocycles. The van der Waals surface area contributed by atoms with Crippen LogP contribution >= 0.6 is 11.6 Å². The number of nitrogens with zero attached hydrogens (tertiary/aromatic N) is 1. The summed E-state index contributed by atoms with van der Waals surface area (Å²) in [5, 5.41) is 9.63. The lowest BCUT2D eigenvalue weighted by atomic mass is 9.89. The molecule has 0 radical (unpaired) electrons. The maximum atomic E-state index is 13.6. The fourth-order valence-electron chi connectivity index (χ4n) is 4.27. The largest absolute Gasteiger partial charge is 0.494 e. The van der Waals surface area contributed by atoms with Gasteiger partial charge in [-0.1, -0.05) is 66.2 Å². The minimum absolute atomic E-state index is 0.0823. The van der Waals surface area contributed by atoms with Crippen LogP contribution in [0.15, 0.2) is 89.9 Å². The molecule has 0 fully saturated rings. The fourth-order valence-corrected chi connectivity index (χ4v) is 4.49. The summed E-state index contributed by atoms with van der Waals surface area (Å²) in [5.74, 6) is 0.835. The van der Waals surface area contributed by atoms with Crippen LogP contribution in [-0.2, 0) is 16.0 Å². The highest BCUT2D eigenvalue weighted by molar-refractivity contribution is 6.30. The van der Waals surface area contributed by atoms with E-state index >= 15 is 0 Å². The molecule has 204 valence electrons. The molecule has 0 saturated carbocycles. The van der Waals surface area contributed by atoms with Gasteiger partial charge in [0, 0.05) is 36.6 Å². The molecule has 1 amide bonds. The van der Waals surface area contributed by atoms with E-state index < -0.39 is 11.6 Å². The van der Waals surface area contributed by atoms with Crippen LogP contribution in [-0.4, -0.2) is 48.3 Å². The summed E-state index contributed by atoms with van der Waals surface area (Å²) in [6, 6.07) is 25.0. The first-order valence-electron chi connectivity index (χ1n) is 13.1. The topological polar surface area (TPSA) is 92.2 Å². The van der Waals surface area contributed by atoms with Gasteiger partial charge in [-0.3, -0.25) is 10.2 Å². The van der Waals surface area contributed by atoms with Gasteiger partial charge in [0.15, 0.2) is 5.54 Å². The summed E-state index contributed by atoms with van der Waals surface area (Å²) in [4.78, 5) is 18.5. The van der Waals surface area contributed by atoms with Crippen molar-refractivity contribution in [3.8, 4) is 5.75 Å². The van der Waals surface area contributed by atoms with Crippen LogP contribution in [0.3, 0.4) is 0 Å². The number of aliphatic hydroxyl groups excluding tert-OH is 1. The first-order chi connectivity index (χ1) is 19.0. The molecule has 3 aromatic rings. The van der Waals surface area contributed by atoms with Crippen molar-refractivity contribution in [2.45, 2.75) is 37.8 Å². The van der Waals surface area contributed by atoms with Crippen molar-refractivity contribution in [3.63, 3.8) is 0 Å². The smallest absolute Gasteiger partial charge is 0.266 e. The molecule has 0 bridgehead atoms. The Morgan fingerprint density at radius 1 is 1.13 bits per heavy atom. The molecule has 0 spiro atoms. The van der Waals surface area contributed by atoms with E-state index in [9.17, 15) is 4.79 Å². The molecule has 1 aliphatic heterocycles. The van der Waals surface area contributed by atoms with Gasteiger partial charge in [0.1, 0.15) is 11.9 Å². The monoisotopic (exact) mass is 547 g/mol. The zero-order valence-electron chi connectivity index (χ0n) is 22.0. The Labute approximate surface area is 234 Å². The van der Waals surface area contributed by atoms with E-state index in [1.807, 2.05) is 97.9 Å². The Morgan fingerprint density at radius 3 is 2.67 bits per heavy atom. The third-order valence-corrected chi connectivity index (χ3v) is 6.73. The summed E-state index contributed by atoms with van der Waals surface area (Å²) in [6.45, 7) is 2.92. The van der Waals surface area contributed by atoms with Crippen molar-refractivity contribution in [1.29, 1.82) is 0 Å². The summed E-state index contributed by atoms with van der Waals surface area (Å²) in [7, 11) is 0. The lowest BCUT2D eigenvalue weighted by Crippen LogP contribution is -2.54. The van der Waals surface area contributed by atoms with Gasteiger partial charge in [-0.2, -0.15) is 0 Å². The second kappa shape index (κ2) is 13.9. The van der Waals surface area contributed by atoms with Crippen molar-refractivity contribution in [3.05, 3.63) is 107 Å². The quantitative estimate of drug-likeness (QED) is 0.207. The number of aliphatic imine (C=N–C) groups is 1. The van der Waals surface area contributed by atoms with E-state index in [0.29, 0.717) is 49.1 Å². The summed E-state index contributed by atoms with van der Waals surface area (Å²) >= 11 is 6.08. The number of carbonyl (C=O) groups excluding carboxylic acids is 1. The van der Waals surface area contributed by atoms with Gasteiger partial charge in [0.25, 0.3) is 5.91 Å². The van der Waals surface area contributed by atoms with Crippen LogP contribution in [0.1, 0.15) is 36.5 Å². The predicted molar refractivity (Wildman–Crippen MR) is 155 cm³/mol. The predicted octanol–water partition coefficient (Wildman–Crippen LogP) is 4.97. The maximum absolute atomic E-state index is 13.6. The fraction of sp³-hybridized carbons (Fsp3) is 0.290. The Balaban J connectivity index is 1.49. The molecule has 0 aliphatic carbocycles. The Bertz CT molecular complexity index is 1280. The Kier molecular flexibility index (Phi) is 10.1. The van der Waals surface area contributed by atoms with Gasteiger partial charge < -0.3 is 14.6 Å².